The molecule has 10 heteroatoms. The van der Waals surface area contributed by atoms with Crippen LogP contribution in [0.5, 0.6) is 5.88 Å². The van der Waals surface area contributed by atoms with Crippen molar-refractivity contribution >= 4 is 56.0 Å². The van der Waals surface area contributed by atoms with Crippen molar-refractivity contribution in [3.63, 3.8) is 0 Å². The van der Waals surface area contributed by atoms with Gasteiger partial charge in [0.05, 0.1) is 29.3 Å². The number of aromatic nitrogens is 4. The molecule has 0 unspecified atom stereocenters. The molecule has 3 aromatic heterocycles. The molecule has 0 spiro atoms. The average molecular weight is 457 g/mol. The van der Waals surface area contributed by atoms with Gasteiger partial charge in [-0.05, 0) is 48.0 Å². The summed E-state index contributed by atoms with van der Waals surface area (Å²) in [7, 11) is 0. The molecule has 0 bridgehead atoms. The van der Waals surface area contributed by atoms with E-state index in [-0.39, 0.29) is 5.97 Å². The van der Waals surface area contributed by atoms with Crippen molar-refractivity contribution in [1.29, 1.82) is 0 Å². The summed E-state index contributed by atoms with van der Waals surface area (Å²) in [6.07, 6.45) is 2.34. The summed E-state index contributed by atoms with van der Waals surface area (Å²) in [5.74, 6) is 0.147. The van der Waals surface area contributed by atoms with Gasteiger partial charge < -0.3 is 14.5 Å². The molecule has 0 aliphatic rings. The third-order valence-electron chi connectivity index (χ3n) is 3.38. The quantitative estimate of drug-likeness (QED) is 0.414. The lowest BCUT2D eigenvalue weighted by atomic mass is 10.3. The Morgan fingerprint density at radius 3 is 2.81 bits per heavy atom. The van der Waals surface area contributed by atoms with E-state index in [1.54, 1.807) is 6.92 Å². The number of nitrogens with zero attached hydrogens (tertiary/aromatic N) is 3. The summed E-state index contributed by atoms with van der Waals surface area (Å²) in [6, 6.07) is 0. The molecular weight excluding hydrogens is 440 g/mol. The molecule has 0 aromatic carbocycles. The maximum atomic E-state index is 11.8. The third kappa shape index (κ3) is 3.86. The lowest BCUT2D eigenvalue weighted by Crippen LogP contribution is -2.01. The third-order valence-corrected chi connectivity index (χ3v) is 6.18. The minimum absolute atomic E-state index is 0.332. The number of thiazole rings is 1. The number of H-pyrrole nitrogens is 1. The van der Waals surface area contributed by atoms with Crippen molar-refractivity contribution in [2.45, 2.75) is 36.7 Å². The van der Waals surface area contributed by atoms with E-state index >= 15 is 0 Å². The van der Waals surface area contributed by atoms with Crippen molar-refractivity contribution in [2.75, 3.05) is 13.2 Å². The van der Waals surface area contributed by atoms with Crippen molar-refractivity contribution in [3.8, 4) is 5.88 Å². The van der Waals surface area contributed by atoms with Gasteiger partial charge in [-0.3, -0.25) is 0 Å². The molecule has 0 saturated heterocycles. The molecule has 0 aliphatic carbocycles. The van der Waals surface area contributed by atoms with Gasteiger partial charge in [-0.2, -0.15) is 4.98 Å². The van der Waals surface area contributed by atoms with E-state index < -0.39 is 0 Å². The van der Waals surface area contributed by atoms with Gasteiger partial charge in [0.2, 0.25) is 5.88 Å². The number of ether oxygens (including phenoxy) is 2. The molecule has 7 nitrogen and oxygen atoms in total. The van der Waals surface area contributed by atoms with Crippen LogP contribution in [-0.4, -0.2) is 39.1 Å². The van der Waals surface area contributed by atoms with Gasteiger partial charge in [0.25, 0.3) is 0 Å². The van der Waals surface area contributed by atoms with Crippen LogP contribution in [0.2, 0.25) is 0 Å². The molecule has 0 saturated carbocycles. The summed E-state index contributed by atoms with van der Waals surface area (Å²) in [4.78, 5) is 28.9. The molecule has 0 fully saturated rings. The predicted octanol–water partition coefficient (Wildman–Crippen LogP) is 4.47. The molecule has 3 rings (SSSR count). The van der Waals surface area contributed by atoms with Crippen LogP contribution in [0.25, 0.3) is 11.0 Å². The maximum Gasteiger partial charge on any atom is 0.349 e. The van der Waals surface area contributed by atoms with Crippen LogP contribution in [0.15, 0.2) is 20.2 Å². The van der Waals surface area contributed by atoms with Crippen LogP contribution in [0, 0.1) is 0 Å². The van der Waals surface area contributed by atoms with E-state index in [9.17, 15) is 4.79 Å². The second kappa shape index (κ2) is 8.36. The fourth-order valence-electron chi connectivity index (χ4n) is 2.27. The number of aryl methyl sites for hydroxylation is 1. The molecule has 0 atom stereocenters. The van der Waals surface area contributed by atoms with E-state index in [4.69, 9.17) is 9.47 Å². The van der Waals surface area contributed by atoms with Crippen LogP contribution in [0.1, 0.15) is 36.1 Å². The molecule has 0 aliphatic heterocycles. The zero-order valence-electron chi connectivity index (χ0n) is 14.5. The number of rotatable bonds is 7. The first-order valence-electron chi connectivity index (χ1n) is 8.08. The van der Waals surface area contributed by atoms with Crippen molar-refractivity contribution < 1.29 is 14.3 Å². The van der Waals surface area contributed by atoms with Crippen molar-refractivity contribution in [2.24, 2.45) is 0 Å². The fourth-order valence-corrected chi connectivity index (χ4v) is 4.73. The highest BCUT2D eigenvalue weighted by Gasteiger charge is 2.19. The predicted molar refractivity (Wildman–Crippen MR) is 104 cm³/mol. The van der Waals surface area contributed by atoms with E-state index in [2.05, 4.69) is 42.8 Å². The van der Waals surface area contributed by atoms with Gasteiger partial charge in [0, 0.05) is 5.69 Å². The standard InChI is InChI=1S/C16H17BrN4O3S2/c1-4-8-11(17)10-12(19-8)20-15(21-13(10)23-5-2)26-16-18-7-9(25-16)14(22)24-6-3/h7H,4-6H2,1-3H3,(H,19,20,21). The summed E-state index contributed by atoms with van der Waals surface area (Å²) in [5.41, 5.74) is 1.74. The highest BCUT2D eigenvalue weighted by Crippen LogP contribution is 2.37. The number of fused-ring (bicyclic) bond motifs is 1. The zero-order chi connectivity index (χ0) is 18.7. The smallest absolute Gasteiger partial charge is 0.349 e. The molecule has 0 radical (unpaired) electrons. The van der Waals surface area contributed by atoms with Gasteiger partial charge in [0.15, 0.2) is 9.50 Å². The summed E-state index contributed by atoms with van der Waals surface area (Å²) in [6.45, 7) is 6.57. The first kappa shape index (κ1) is 19.1. The minimum atomic E-state index is -0.371. The lowest BCUT2D eigenvalue weighted by molar-refractivity contribution is 0.0532. The SMILES string of the molecule is CCOC(=O)c1cnc(Sc2nc(OCC)c3c(Br)c(CC)[nH]c3n2)s1. The highest BCUT2D eigenvalue weighted by molar-refractivity contribution is 9.10. The van der Waals surface area contributed by atoms with Crippen molar-refractivity contribution in [1.82, 2.24) is 19.9 Å². The Kier molecular flexibility index (Phi) is 6.15. The second-order valence-corrected chi connectivity index (χ2v) is 8.09. The Morgan fingerprint density at radius 1 is 1.31 bits per heavy atom. The van der Waals surface area contributed by atoms with Gasteiger partial charge in [0.1, 0.15) is 10.5 Å². The van der Waals surface area contributed by atoms with Crippen LogP contribution in [-0.2, 0) is 11.2 Å². The Morgan fingerprint density at radius 2 is 2.12 bits per heavy atom. The Hall–Kier alpha value is -1.65. The van der Waals surface area contributed by atoms with Crippen LogP contribution in [0.4, 0.5) is 0 Å². The minimum Gasteiger partial charge on any atom is -0.477 e. The van der Waals surface area contributed by atoms with E-state index in [1.165, 1.54) is 29.3 Å². The van der Waals surface area contributed by atoms with Crippen LogP contribution < -0.4 is 4.74 Å². The van der Waals surface area contributed by atoms with E-state index in [0.29, 0.717) is 39.1 Å². The van der Waals surface area contributed by atoms with Crippen molar-refractivity contribution in [3.05, 3.63) is 21.2 Å². The summed E-state index contributed by atoms with van der Waals surface area (Å²) < 4.78 is 12.3. The van der Waals surface area contributed by atoms with E-state index in [1.807, 2.05) is 6.92 Å². The highest BCUT2D eigenvalue weighted by atomic mass is 79.9. The number of carbonyl (C=O) groups is 1. The molecule has 1 N–H and O–H groups in total. The second-order valence-electron chi connectivity index (χ2n) is 5.05. The Labute approximate surface area is 167 Å². The van der Waals surface area contributed by atoms with Crippen LogP contribution >= 0.6 is 39.0 Å². The number of aromatic amines is 1. The zero-order valence-corrected chi connectivity index (χ0v) is 17.7. The monoisotopic (exact) mass is 456 g/mol. The maximum absolute atomic E-state index is 11.8. The fraction of sp³-hybridized carbons (Fsp3) is 0.375. The number of hydrogen-bond donors (Lipinski definition) is 1. The largest absolute Gasteiger partial charge is 0.477 e. The first-order chi connectivity index (χ1) is 12.6. The van der Waals surface area contributed by atoms with Gasteiger partial charge >= 0.3 is 5.97 Å². The lowest BCUT2D eigenvalue weighted by Gasteiger charge is -2.05. The summed E-state index contributed by atoms with van der Waals surface area (Å²) in [5, 5.41) is 1.33. The molecule has 3 aromatic rings. The Balaban J connectivity index is 1.94. The average Bonchev–Trinajstić information content (AvgIpc) is 3.20. The molecule has 3 heterocycles. The number of nitrogens with one attached hydrogen (secondary N) is 1. The Bertz CT molecular complexity index is 941. The van der Waals surface area contributed by atoms with E-state index in [0.717, 1.165) is 22.0 Å². The molecular formula is C16H17BrN4O3S2. The number of carbonyl (C=O) groups excluding carboxylic acids is 1. The molecule has 0 amide bonds. The van der Waals surface area contributed by atoms with Gasteiger partial charge in [-0.15, -0.1) is 11.3 Å². The van der Waals surface area contributed by atoms with Crippen LogP contribution in [0.3, 0.4) is 0 Å². The first-order valence-corrected chi connectivity index (χ1v) is 10.5. The van der Waals surface area contributed by atoms with Gasteiger partial charge in [-0.25, -0.2) is 14.8 Å². The molecule has 138 valence electrons. The van der Waals surface area contributed by atoms with Gasteiger partial charge in [-0.1, -0.05) is 6.92 Å². The number of hydrogen-bond acceptors (Lipinski definition) is 8. The topological polar surface area (TPSA) is 90.0 Å². The number of esters is 1. The summed E-state index contributed by atoms with van der Waals surface area (Å²) >= 11 is 6.13. The molecule has 26 heavy (non-hydrogen) atoms. The number of halogens is 1. The normalized spacial score (nSPS) is 11.1.